The van der Waals surface area contributed by atoms with Gasteiger partial charge in [0.15, 0.2) is 6.10 Å². The molecule has 0 amide bonds. The fourth-order valence-electron chi connectivity index (χ4n) is 1.67. The smallest absolute Gasteiger partial charge is 0.347 e. The van der Waals surface area contributed by atoms with Gasteiger partial charge in [0.05, 0.1) is 6.42 Å². The predicted octanol–water partition coefficient (Wildman–Crippen LogP) is 2.38. The molecule has 0 aromatic rings. The van der Waals surface area contributed by atoms with Crippen molar-refractivity contribution in [2.45, 2.75) is 78.1 Å². The van der Waals surface area contributed by atoms with Crippen LogP contribution in [0.5, 0.6) is 0 Å². The van der Waals surface area contributed by atoms with Gasteiger partial charge in [-0.2, -0.15) is 0 Å². The fourth-order valence-corrected chi connectivity index (χ4v) is 1.67. The molecule has 0 aliphatic heterocycles. The Balaban J connectivity index is 4.60. The van der Waals surface area contributed by atoms with Crippen LogP contribution in [-0.4, -0.2) is 35.7 Å². The highest BCUT2D eigenvalue weighted by Crippen LogP contribution is 2.20. The van der Waals surface area contributed by atoms with E-state index in [1.165, 1.54) is 0 Å². The normalized spacial score (nSPS) is 13.2. The third-order valence-corrected chi connectivity index (χ3v) is 2.40. The van der Waals surface area contributed by atoms with Crippen molar-refractivity contribution in [3.05, 3.63) is 0 Å². The molecule has 6 nitrogen and oxygen atoms in total. The van der Waals surface area contributed by atoms with E-state index in [0.29, 0.717) is 12.8 Å². The van der Waals surface area contributed by atoms with Gasteiger partial charge in [0.2, 0.25) is 0 Å². The van der Waals surface area contributed by atoms with Crippen molar-refractivity contribution >= 4 is 18.4 Å². The lowest BCUT2D eigenvalue weighted by atomic mass is 10.0. The second kappa shape index (κ2) is 8.00. The molecule has 0 aromatic carbocycles. The lowest BCUT2D eigenvalue weighted by Crippen LogP contribution is -2.38. The van der Waals surface area contributed by atoms with Crippen LogP contribution >= 0.6 is 0 Å². The van der Waals surface area contributed by atoms with Crippen LogP contribution in [0.3, 0.4) is 0 Å². The Kier molecular flexibility index (Phi) is 7.39. The zero-order valence-corrected chi connectivity index (χ0v) is 13.7. The first-order valence-corrected chi connectivity index (χ1v) is 7.04. The summed E-state index contributed by atoms with van der Waals surface area (Å²) in [6, 6.07) is 0. The molecule has 1 unspecified atom stereocenters. The van der Waals surface area contributed by atoms with Crippen LogP contribution in [0.25, 0.3) is 0 Å². The van der Waals surface area contributed by atoms with Crippen molar-refractivity contribution in [3.8, 4) is 0 Å². The summed E-state index contributed by atoms with van der Waals surface area (Å²) in [5, 5.41) is 0. The maximum atomic E-state index is 11.9. The molecule has 122 valence electrons. The summed E-state index contributed by atoms with van der Waals surface area (Å²) < 4.78 is 15.2. The summed E-state index contributed by atoms with van der Waals surface area (Å²) in [6.45, 7) is 10.6. The molecule has 6 heteroatoms. The molecule has 0 heterocycles. The number of hydrogen-bond acceptors (Lipinski definition) is 6. The standard InChI is InChI=1S/C15H26O6/c1-7-8-11(19-10-16)13(18)21-15(5,6)9-12(17)20-14(2,3)4/h10-11H,7-9H2,1-6H3. The third-order valence-electron chi connectivity index (χ3n) is 2.40. The van der Waals surface area contributed by atoms with Crippen molar-refractivity contribution in [2.75, 3.05) is 0 Å². The molecule has 0 bridgehead atoms. The van der Waals surface area contributed by atoms with Crippen LogP contribution in [0, 0.1) is 0 Å². The average molecular weight is 302 g/mol. The molecule has 0 saturated heterocycles. The highest BCUT2D eigenvalue weighted by Gasteiger charge is 2.32. The second-order valence-electron chi connectivity index (χ2n) is 6.45. The Hall–Kier alpha value is -1.59. The van der Waals surface area contributed by atoms with E-state index in [1.807, 2.05) is 6.92 Å². The maximum absolute atomic E-state index is 11.9. The van der Waals surface area contributed by atoms with Crippen LogP contribution < -0.4 is 0 Å². The van der Waals surface area contributed by atoms with Crippen molar-refractivity contribution in [1.82, 2.24) is 0 Å². The van der Waals surface area contributed by atoms with E-state index in [2.05, 4.69) is 0 Å². The van der Waals surface area contributed by atoms with Crippen LogP contribution in [0.2, 0.25) is 0 Å². The minimum absolute atomic E-state index is 0.0735. The van der Waals surface area contributed by atoms with Gasteiger partial charge in [-0.3, -0.25) is 9.59 Å². The quantitative estimate of drug-likeness (QED) is 0.389. The number of carbonyl (C=O) groups excluding carboxylic acids is 3. The van der Waals surface area contributed by atoms with E-state index in [0.717, 1.165) is 0 Å². The molecule has 1 atom stereocenters. The summed E-state index contributed by atoms with van der Waals surface area (Å²) >= 11 is 0. The van der Waals surface area contributed by atoms with E-state index in [-0.39, 0.29) is 12.9 Å². The number of rotatable bonds is 8. The van der Waals surface area contributed by atoms with Gasteiger partial charge in [-0.1, -0.05) is 13.3 Å². The molecule has 21 heavy (non-hydrogen) atoms. The maximum Gasteiger partial charge on any atom is 0.347 e. The SMILES string of the molecule is CCCC(OC=O)C(=O)OC(C)(C)CC(=O)OC(C)(C)C. The number of ether oxygens (including phenoxy) is 3. The van der Waals surface area contributed by atoms with Crippen LogP contribution in [0.4, 0.5) is 0 Å². The molecule has 0 aromatic heterocycles. The van der Waals surface area contributed by atoms with Gasteiger partial charge in [-0.15, -0.1) is 0 Å². The lowest BCUT2D eigenvalue weighted by Gasteiger charge is -2.28. The molecule has 0 aliphatic rings. The Morgan fingerprint density at radius 3 is 2.10 bits per heavy atom. The minimum atomic E-state index is -1.03. The molecule has 0 rings (SSSR count). The second-order valence-corrected chi connectivity index (χ2v) is 6.45. The molecule has 0 aliphatic carbocycles. The fraction of sp³-hybridized carbons (Fsp3) is 0.800. The highest BCUT2D eigenvalue weighted by molar-refractivity contribution is 5.77. The number of carbonyl (C=O) groups is 3. The summed E-state index contributed by atoms with van der Waals surface area (Å²) in [7, 11) is 0. The van der Waals surface area contributed by atoms with Crippen molar-refractivity contribution in [1.29, 1.82) is 0 Å². The van der Waals surface area contributed by atoms with Crippen molar-refractivity contribution in [2.24, 2.45) is 0 Å². The first-order valence-electron chi connectivity index (χ1n) is 7.04. The molecule has 0 fully saturated rings. The van der Waals surface area contributed by atoms with Gasteiger partial charge >= 0.3 is 11.9 Å². The van der Waals surface area contributed by atoms with Crippen LogP contribution in [-0.2, 0) is 28.6 Å². The number of esters is 2. The van der Waals surface area contributed by atoms with E-state index in [1.54, 1.807) is 34.6 Å². The van der Waals surface area contributed by atoms with Crippen molar-refractivity contribution < 1.29 is 28.6 Å². The zero-order chi connectivity index (χ0) is 16.7. The van der Waals surface area contributed by atoms with E-state index >= 15 is 0 Å². The van der Waals surface area contributed by atoms with Crippen LogP contribution in [0.15, 0.2) is 0 Å². The molecular formula is C15H26O6. The Labute approximate surface area is 126 Å². The lowest BCUT2D eigenvalue weighted by molar-refractivity contribution is -0.178. The van der Waals surface area contributed by atoms with E-state index in [4.69, 9.17) is 14.2 Å². The van der Waals surface area contributed by atoms with E-state index in [9.17, 15) is 14.4 Å². The monoisotopic (exact) mass is 302 g/mol. The Morgan fingerprint density at radius 2 is 1.67 bits per heavy atom. The zero-order valence-electron chi connectivity index (χ0n) is 13.7. The summed E-state index contributed by atoms with van der Waals surface area (Å²) in [5.41, 5.74) is -1.62. The first kappa shape index (κ1) is 19.4. The molecular weight excluding hydrogens is 276 g/mol. The van der Waals surface area contributed by atoms with E-state index < -0.39 is 29.2 Å². The largest absolute Gasteiger partial charge is 0.460 e. The topological polar surface area (TPSA) is 78.9 Å². The van der Waals surface area contributed by atoms with Gasteiger partial charge in [-0.25, -0.2) is 4.79 Å². The van der Waals surface area contributed by atoms with Gasteiger partial charge in [0.1, 0.15) is 11.2 Å². The molecule has 0 saturated carbocycles. The summed E-state index contributed by atoms with van der Waals surface area (Å²) in [6.07, 6.45) is 0.0290. The average Bonchev–Trinajstić information content (AvgIpc) is 2.24. The van der Waals surface area contributed by atoms with Gasteiger partial charge in [0.25, 0.3) is 6.47 Å². The molecule has 0 radical (unpaired) electrons. The predicted molar refractivity (Wildman–Crippen MR) is 76.5 cm³/mol. The first-order chi connectivity index (χ1) is 9.50. The highest BCUT2D eigenvalue weighted by atomic mass is 16.6. The molecule has 0 N–H and O–H groups in total. The Morgan fingerprint density at radius 1 is 1.10 bits per heavy atom. The number of hydrogen-bond donors (Lipinski definition) is 0. The summed E-state index contributed by atoms with van der Waals surface area (Å²) in [5.74, 6) is -1.11. The van der Waals surface area contributed by atoms with Gasteiger partial charge < -0.3 is 14.2 Å². The third kappa shape index (κ3) is 9.05. The van der Waals surface area contributed by atoms with Crippen molar-refractivity contribution in [3.63, 3.8) is 0 Å². The van der Waals surface area contributed by atoms with Crippen LogP contribution in [0.1, 0.15) is 60.8 Å². The van der Waals surface area contributed by atoms with Gasteiger partial charge in [0, 0.05) is 0 Å². The minimum Gasteiger partial charge on any atom is -0.460 e. The summed E-state index contributed by atoms with van der Waals surface area (Å²) in [4.78, 5) is 34.1. The Bertz CT molecular complexity index is 367. The molecule has 0 spiro atoms. The van der Waals surface area contributed by atoms with Gasteiger partial charge in [-0.05, 0) is 41.0 Å².